The zero-order chi connectivity index (χ0) is 11.1. The van der Waals surface area contributed by atoms with Gasteiger partial charge in [-0.15, -0.1) is 0 Å². The lowest BCUT2D eigenvalue weighted by atomic mass is 10.3. The van der Waals surface area contributed by atoms with Gasteiger partial charge in [0.05, 0.1) is 16.8 Å². The van der Waals surface area contributed by atoms with Crippen LogP contribution in [0.1, 0.15) is 0 Å². The van der Waals surface area contributed by atoms with Crippen molar-refractivity contribution >= 4 is 34.9 Å². The van der Waals surface area contributed by atoms with Gasteiger partial charge in [-0.25, -0.2) is 9.78 Å². The van der Waals surface area contributed by atoms with Crippen molar-refractivity contribution in [2.24, 2.45) is 0 Å². The number of hydrogen-bond donors (Lipinski definition) is 2. The summed E-state index contributed by atoms with van der Waals surface area (Å²) in [5.74, 6) is 0.666. The molecule has 0 amide bonds. The molecule has 0 saturated carbocycles. The number of halogens is 1. The first-order valence-corrected chi connectivity index (χ1v) is 5.75. The molecule has 0 saturated heterocycles. The number of aromatic amines is 1. The van der Waals surface area contributed by atoms with Gasteiger partial charge in [0.15, 0.2) is 0 Å². The molecule has 1 aliphatic rings. The second-order valence-corrected chi connectivity index (χ2v) is 4.82. The van der Waals surface area contributed by atoms with Crippen molar-refractivity contribution in [3.63, 3.8) is 0 Å². The molecule has 3 rings (SSSR count). The first-order valence-electron chi connectivity index (χ1n) is 4.56. The van der Waals surface area contributed by atoms with Crippen LogP contribution in [-0.4, -0.2) is 9.97 Å². The number of fused-ring (bicyclic) bond motifs is 2. The Labute approximate surface area is 100 Å². The molecule has 0 spiro atoms. The SMILES string of the molecule is O=c1ncc2c([nH]1)Nc1cc(Cl)ccc1S2. The van der Waals surface area contributed by atoms with E-state index in [4.69, 9.17) is 11.6 Å². The minimum atomic E-state index is -0.364. The van der Waals surface area contributed by atoms with E-state index in [1.807, 2.05) is 18.2 Å². The molecule has 1 aliphatic heterocycles. The van der Waals surface area contributed by atoms with E-state index in [-0.39, 0.29) is 5.69 Å². The van der Waals surface area contributed by atoms with Crippen LogP contribution in [0.5, 0.6) is 0 Å². The Hall–Kier alpha value is -1.46. The Bertz CT molecular complexity index is 626. The average Bonchev–Trinajstić information content (AvgIpc) is 2.26. The highest BCUT2D eigenvalue weighted by Gasteiger charge is 2.16. The number of aromatic nitrogens is 2. The van der Waals surface area contributed by atoms with Crippen molar-refractivity contribution in [3.8, 4) is 0 Å². The van der Waals surface area contributed by atoms with Gasteiger partial charge >= 0.3 is 5.69 Å². The third-order valence-corrected chi connectivity index (χ3v) is 3.54. The van der Waals surface area contributed by atoms with Crippen LogP contribution in [-0.2, 0) is 0 Å². The Morgan fingerprint density at radius 3 is 3.06 bits per heavy atom. The summed E-state index contributed by atoms with van der Waals surface area (Å²) < 4.78 is 0. The number of hydrogen-bond acceptors (Lipinski definition) is 4. The third-order valence-electron chi connectivity index (χ3n) is 2.20. The normalized spacial score (nSPS) is 12.6. The summed E-state index contributed by atoms with van der Waals surface area (Å²) in [4.78, 5) is 19.4. The zero-order valence-corrected chi connectivity index (χ0v) is 9.52. The minimum absolute atomic E-state index is 0.364. The first kappa shape index (κ1) is 9.74. The van der Waals surface area contributed by atoms with Crippen LogP contribution >= 0.6 is 23.4 Å². The van der Waals surface area contributed by atoms with E-state index < -0.39 is 0 Å². The van der Waals surface area contributed by atoms with E-state index in [2.05, 4.69) is 15.3 Å². The standard InChI is InChI=1S/C10H6ClN3OS/c11-5-1-2-7-6(3-5)13-9-8(16-7)4-12-10(15)14-9/h1-4H,(H2,12,13,14,15). The van der Waals surface area contributed by atoms with Gasteiger partial charge in [0.2, 0.25) is 0 Å². The molecule has 0 unspecified atom stereocenters. The molecule has 2 aromatic rings. The number of nitrogens with one attached hydrogen (secondary N) is 2. The molecule has 0 radical (unpaired) electrons. The maximum absolute atomic E-state index is 11.1. The van der Waals surface area contributed by atoms with E-state index in [9.17, 15) is 4.79 Å². The third kappa shape index (κ3) is 1.58. The molecule has 6 heteroatoms. The monoisotopic (exact) mass is 251 g/mol. The summed E-state index contributed by atoms with van der Waals surface area (Å²) in [5, 5.41) is 3.78. The Kier molecular flexibility index (Phi) is 2.15. The van der Waals surface area contributed by atoms with Gasteiger partial charge in [-0.1, -0.05) is 23.4 Å². The zero-order valence-electron chi connectivity index (χ0n) is 7.95. The summed E-state index contributed by atoms with van der Waals surface area (Å²) >= 11 is 7.45. The fourth-order valence-corrected chi connectivity index (χ4v) is 2.57. The largest absolute Gasteiger partial charge is 0.346 e. The average molecular weight is 252 g/mol. The van der Waals surface area contributed by atoms with Crippen LogP contribution in [0.15, 0.2) is 39.0 Å². The van der Waals surface area contributed by atoms with E-state index in [0.29, 0.717) is 10.8 Å². The molecule has 1 aromatic heterocycles. The van der Waals surface area contributed by atoms with Gasteiger partial charge in [0, 0.05) is 9.92 Å². The maximum atomic E-state index is 11.1. The predicted molar refractivity (Wildman–Crippen MR) is 63.7 cm³/mol. The summed E-state index contributed by atoms with van der Waals surface area (Å²) in [6.45, 7) is 0. The highest BCUT2D eigenvalue weighted by Crippen LogP contribution is 2.42. The van der Waals surface area contributed by atoms with Gasteiger partial charge in [-0.3, -0.25) is 4.98 Å². The molecule has 0 fully saturated rings. The lowest BCUT2D eigenvalue weighted by Crippen LogP contribution is -2.14. The van der Waals surface area contributed by atoms with Crippen molar-refractivity contribution in [2.75, 3.05) is 5.32 Å². The summed E-state index contributed by atoms with van der Waals surface area (Å²) in [5.41, 5.74) is 0.532. The molecule has 2 heterocycles. The fourth-order valence-electron chi connectivity index (χ4n) is 1.49. The molecule has 16 heavy (non-hydrogen) atoms. The summed E-state index contributed by atoms with van der Waals surface area (Å²) in [7, 11) is 0. The van der Waals surface area contributed by atoms with E-state index in [1.54, 1.807) is 18.0 Å². The molecular weight excluding hydrogens is 246 g/mol. The van der Waals surface area contributed by atoms with Crippen molar-refractivity contribution in [1.82, 2.24) is 9.97 Å². The van der Waals surface area contributed by atoms with Crippen LogP contribution in [0.2, 0.25) is 5.02 Å². The number of anilines is 2. The number of H-pyrrole nitrogens is 1. The number of nitrogens with zero attached hydrogens (tertiary/aromatic N) is 1. The Morgan fingerprint density at radius 1 is 1.31 bits per heavy atom. The highest BCUT2D eigenvalue weighted by molar-refractivity contribution is 7.99. The molecule has 0 bridgehead atoms. The lowest BCUT2D eigenvalue weighted by molar-refractivity contribution is 1.02. The maximum Gasteiger partial charge on any atom is 0.346 e. The van der Waals surface area contributed by atoms with Crippen LogP contribution < -0.4 is 11.0 Å². The lowest BCUT2D eigenvalue weighted by Gasteiger charge is -2.19. The second-order valence-electron chi connectivity index (χ2n) is 3.30. The van der Waals surface area contributed by atoms with Crippen molar-refractivity contribution in [2.45, 2.75) is 9.79 Å². The Balaban J connectivity index is 2.13. The molecule has 0 aliphatic carbocycles. The summed E-state index contributed by atoms with van der Waals surface area (Å²) in [6, 6.07) is 5.59. The van der Waals surface area contributed by atoms with Crippen molar-refractivity contribution in [3.05, 3.63) is 39.9 Å². The minimum Gasteiger partial charge on any atom is -0.340 e. The highest BCUT2D eigenvalue weighted by atomic mass is 35.5. The van der Waals surface area contributed by atoms with Crippen molar-refractivity contribution in [1.29, 1.82) is 0 Å². The van der Waals surface area contributed by atoms with E-state index >= 15 is 0 Å². The van der Waals surface area contributed by atoms with Crippen LogP contribution in [0.25, 0.3) is 0 Å². The molecule has 4 nitrogen and oxygen atoms in total. The Morgan fingerprint density at radius 2 is 2.19 bits per heavy atom. The smallest absolute Gasteiger partial charge is 0.340 e. The molecule has 2 N–H and O–H groups in total. The number of rotatable bonds is 0. The van der Waals surface area contributed by atoms with Gasteiger partial charge in [-0.05, 0) is 18.2 Å². The number of benzene rings is 1. The van der Waals surface area contributed by atoms with Crippen LogP contribution in [0.3, 0.4) is 0 Å². The second kappa shape index (κ2) is 3.54. The first-order chi connectivity index (χ1) is 7.72. The van der Waals surface area contributed by atoms with Gasteiger partial charge in [-0.2, -0.15) is 0 Å². The predicted octanol–water partition coefficient (Wildman–Crippen LogP) is 2.63. The quantitative estimate of drug-likeness (QED) is 0.645. The molecular formula is C10H6ClN3OS. The summed E-state index contributed by atoms with van der Waals surface area (Å²) in [6.07, 6.45) is 1.56. The van der Waals surface area contributed by atoms with Crippen LogP contribution in [0.4, 0.5) is 11.5 Å². The van der Waals surface area contributed by atoms with Gasteiger partial charge in [0.1, 0.15) is 5.82 Å². The fraction of sp³-hybridized carbons (Fsp3) is 0. The molecule has 80 valence electrons. The van der Waals surface area contributed by atoms with Gasteiger partial charge in [0.25, 0.3) is 0 Å². The molecule has 1 aromatic carbocycles. The van der Waals surface area contributed by atoms with Crippen LogP contribution in [0, 0.1) is 0 Å². The van der Waals surface area contributed by atoms with Crippen molar-refractivity contribution < 1.29 is 0 Å². The van der Waals surface area contributed by atoms with E-state index in [1.165, 1.54) is 0 Å². The topological polar surface area (TPSA) is 57.8 Å². The van der Waals surface area contributed by atoms with Gasteiger partial charge < -0.3 is 5.32 Å². The molecule has 0 atom stereocenters. The van der Waals surface area contributed by atoms with E-state index in [0.717, 1.165) is 15.5 Å².